The summed E-state index contributed by atoms with van der Waals surface area (Å²) in [6.45, 7) is 5.36. The second kappa shape index (κ2) is 7.82. The average Bonchev–Trinajstić information content (AvgIpc) is 3.22. The van der Waals surface area contributed by atoms with Gasteiger partial charge in [0, 0.05) is 24.5 Å². The van der Waals surface area contributed by atoms with Crippen LogP contribution in [0.25, 0.3) is 0 Å². The molecule has 23 heavy (non-hydrogen) atoms. The van der Waals surface area contributed by atoms with E-state index >= 15 is 0 Å². The Bertz CT molecular complexity index is 521. The van der Waals surface area contributed by atoms with Gasteiger partial charge in [-0.1, -0.05) is 19.4 Å². The number of rotatable bonds is 8. The highest BCUT2D eigenvalue weighted by Crippen LogP contribution is 2.28. The number of carbonyl (C=O) groups is 1. The molecule has 1 heterocycles. The summed E-state index contributed by atoms with van der Waals surface area (Å²) in [5.74, 6) is 0.895. The molecule has 2 fully saturated rings. The van der Waals surface area contributed by atoms with E-state index in [1.807, 2.05) is 12.1 Å². The number of hydrogen-bond acceptors (Lipinski definition) is 3. The highest BCUT2D eigenvalue weighted by molar-refractivity contribution is 5.95. The van der Waals surface area contributed by atoms with Crippen molar-refractivity contribution in [2.75, 3.05) is 29.9 Å². The van der Waals surface area contributed by atoms with Gasteiger partial charge in [0.1, 0.15) is 0 Å². The maximum absolute atomic E-state index is 12.6. The van der Waals surface area contributed by atoms with E-state index in [1.54, 1.807) is 0 Å². The van der Waals surface area contributed by atoms with Gasteiger partial charge in [-0.05, 0) is 62.8 Å². The molecule has 4 heteroatoms. The molecule has 2 N–H and O–H groups in total. The van der Waals surface area contributed by atoms with Gasteiger partial charge in [-0.2, -0.15) is 0 Å². The molecule has 4 nitrogen and oxygen atoms in total. The smallest absolute Gasteiger partial charge is 0.241 e. The second-order valence-corrected chi connectivity index (χ2v) is 6.93. The van der Waals surface area contributed by atoms with E-state index in [-0.39, 0.29) is 11.9 Å². The Morgan fingerprint density at radius 1 is 1.30 bits per heavy atom. The number of amides is 1. The van der Waals surface area contributed by atoms with Crippen LogP contribution in [0.5, 0.6) is 0 Å². The maximum Gasteiger partial charge on any atom is 0.241 e. The third-order valence-corrected chi connectivity index (χ3v) is 4.83. The Balaban J connectivity index is 1.59. The Morgan fingerprint density at radius 2 is 2.09 bits per heavy atom. The molecular weight excluding hydrogens is 286 g/mol. The molecule has 1 saturated heterocycles. The molecule has 0 radical (unpaired) electrons. The summed E-state index contributed by atoms with van der Waals surface area (Å²) in [5, 5.41) is 6.56. The van der Waals surface area contributed by atoms with E-state index in [0.717, 1.165) is 44.1 Å². The molecule has 1 saturated carbocycles. The van der Waals surface area contributed by atoms with Crippen molar-refractivity contribution < 1.29 is 4.79 Å². The molecular formula is C19H29N3O. The van der Waals surface area contributed by atoms with E-state index in [4.69, 9.17) is 0 Å². The number of hydrogen-bond donors (Lipinski definition) is 2. The standard InChI is InChI=1S/C19H29N3O/c1-2-6-18(20-14-15-9-10-15)19(23)21-16-7-5-8-17(13-16)22-11-3-4-12-22/h5,7-8,13,15,18,20H,2-4,6,9-12,14H2,1H3,(H,21,23). The molecule has 0 bridgehead atoms. The van der Waals surface area contributed by atoms with Crippen LogP contribution in [0.3, 0.4) is 0 Å². The van der Waals surface area contributed by atoms with Crippen LogP contribution in [0.1, 0.15) is 45.4 Å². The van der Waals surface area contributed by atoms with Crippen molar-refractivity contribution in [1.82, 2.24) is 5.32 Å². The average molecular weight is 315 g/mol. The molecule has 1 aromatic carbocycles. The largest absolute Gasteiger partial charge is 0.371 e. The fraction of sp³-hybridized carbons (Fsp3) is 0.632. The Kier molecular flexibility index (Phi) is 5.55. The van der Waals surface area contributed by atoms with E-state index < -0.39 is 0 Å². The van der Waals surface area contributed by atoms with Crippen molar-refractivity contribution in [2.24, 2.45) is 5.92 Å². The van der Waals surface area contributed by atoms with Gasteiger partial charge in [-0.25, -0.2) is 0 Å². The minimum absolute atomic E-state index is 0.0731. The topological polar surface area (TPSA) is 44.4 Å². The third-order valence-electron chi connectivity index (χ3n) is 4.83. The summed E-state index contributed by atoms with van der Waals surface area (Å²) in [6.07, 6.45) is 7.06. The Labute approximate surface area is 139 Å². The van der Waals surface area contributed by atoms with Crippen LogP contribution in [0, 0.1) is 5.92 Å². The zero-order chi connectivity index (χ0) is 16.1. The number of carbonyl (C=O) groups excluding carboxylic acids is 1. The van der Waals surface area contributed by atoms with Crippen LogP contribution in [-0.2, 0) is 4.79 Å². The zero-order valence-electron chi connectivity index (χ0n) is 14.2. The molecule has 3 rings (SSSR count). The Hall–Kier alpha value is -1.55. The second-order valence-electron chi connectivity index (χ2n) is 6.93. The molecule has 0 spiro atoms. The molecule has 1 aliphatic heterocycles. The van der Waals surface area contributed by atoms with Gasteiger partial charge in [-0.3, -0.25) is 4.79 Å². The van der Waals surface area contributed by atoms with Crippen LogP contribution in [0.15, 0.2) is 24.3 Å². The highest BCUT2D eigenvalue weighted by atomic mass is 16.2. The Morgan fingerprint density at radius 3 is 2.78 bits per heavy atom. The van der Waals surface area contributed by atoms with Crippen LogP contribution in [0.2, 0.25) is 0 Å². The summed E-state index contributed by atoms with van der Waals surface area (Å²) in [4.78, 5) is 15.0. The van der Waals surface area contributed by atoms with Gasteiger partial charge >= 0.3 is 0 Å². The number of nitrogens with zero attached hydrogens (tertiary/aromatic N) is 1. The summed E-state index contributed by atoms with van der Waals surface area (Å²) in [7, 11) is 0. The third kappa shape index (κ3) is 4.71. The van der Waals surface area contributed by atoms with Crippen LogP contribution < -0.4 is 15.5 Å². The van der Waals surface area contributed by atoms with Gasteiger partial charge in [0.05, 0.1) is 6.04 Å². The van der Waals surface area contributed by atoms with Gasteiger partial charge in [0.15, 0.2) is 0 Å². The highest BCUT2D eigenvalue weighted by Gasteiger charge is 2.24. The van der Waals surface area contributed by atoms with Gasteiger partial charge in [0.2, 0.25) is 5.91 Å². The van der Waals surface area contributed by atoms with Crippen LogP contribution >= 0.6 is 0 Å². The SMILES string of the molecule is CCCC(NCC1CC1)C(=O)Nc1cccc(N2CCCC2)c1. The molecule has 2 aliphatic rings. The lowest BCUT2D eigenvalue weighted by atomic mass is 10.1. The van der Waals surface area contributed by atoms with E-state index in [1.165, 1.54) is 31.4 Å². The van der Waals surface area contributed by atoms with Crippen molar-refractivity contribution >= 4 is 17.3 Å². The zero-order valence-corrected chi connectivity index (χ0v) is 14.2. The minimum Gasteiger partial charge on any atom is -0.371 e. The van der Waals surface area contributed by atoms with Gasteiger partial charge in [0.25, 0.3) is 0 Å². The first-order valence-electron chi connectivity index (χ1n) is 9.15. The van der Waals surface area contributed by atoms with Gasteiger partial charge in [-0.15, -0.1) is 0 Å². The number of anilines is 2. The van der Waals surface area contributed by atoms with Crippen LogP contribution in [-0.4, -0.2) is 31.6 Å². The molecule has 1 atom stereocenters. The molecule has 1 unspecified atom stereocenters. The van der Waals surface area contributed by atoms with E-state index in [2.05, 4.69) is 34.6 Å². The van der Waals surface area contributed by atoms with Crippen molar-refractivity contribution in [3.63, 3.8) is 0 Å². The number of benzene rings is 1. The molecule has 1 aliphatic carbocycles. The quantitative estimate of drug-likeness (QED) is 0.773. The summed E-state index contributed by atoms with van der Waals surface area (Å²) in [6, 6.07) is 8.19. The fourth-order valence-electron chi connectivity index (χ4n) is 3.23. The number of nitrogens with one attached hydrogen (secondary N) is 2. The van der Waals surface area contributed by atoms with Crippen molar-refractivity contribution in [1.29, 1.82) is 0 Å². The summed E-state index contributed by atoms with van der Waals surface area (Å²) < 4.78 is 0. The van der Waals surface area contributed by atoms with E-state index in [0.29, 0.717) is 0 Å². The summed E-state index contributed by atoms with van der Waals surface area (Å²) in [5.41, 5.74) is 2.13. The normalized spacial score (nSPS) is 18.9. The van der Waals surface area contributed by atoms with Crippen molar-refractivity contribution in [3.8, 4) is 0 Å². The molecule has 1 aromatic rings. The predicted octanol–water partition coefficient (Wildman–Crippen LogP) is 3.39. The van der Waals surface area contributed by atoms with Crippen molar-refractivity contribution in [2.45, 2.75) is 51.5 Å². The van der Waals surface area contributed by atoms with E-state index in [9.17, 15) is 4.79 Å². The molecule has 1 amide bonds. The van der Waals surface area contributed by atoms with Crippen molar-refractivity contribution in [3.05, 3.63) is 24.3 Å². The minimum atomic E-state index is -0.0731. The molecule has 0 aromatic heterocycles. The lowest BCUT2D eigenvalue weighted by Gasteiger charge is -2.20. The first-order chi connectivity index (χ1) is 11.3. The monoisotopic (exact) mass is 315 g/mol. The fourth-order valence-corrected chi connectivity index (χ4v) is 3.23. The first kappa shape index (κ1) is 16.3. The predicted molar refractivity (Wildman–Crippen MR) is 95.9 cm³/mol. The lowest BCUT2D eigenvalue weighted by Crippen LogP contribution is -2.41. The maximum atomic E-state index is 12.6. The summed E-state index contributed by atoms with van der Waals surface area (Å²) >= 11 is 0. The first-order valence-corrected chi connectivity index (χ1v) is 9.15. The van der Waals surface area contributed by atoms with Crippen LogP contribution in [0.4, 0.5) is 11.4 Å². The molecule has 126 valence electrons. The lowest BCUT2D eigenvalue weighted by molar-refractivity contribution is -0.118. The van der Waals surface area contributed by atoms with Gasteiger partial charge < -0.3 is 15.5 Å².